The second-order valence-corrected chi connectivity index (χ2v) is 9.14. The smallest absolute Gasteiger partial charge is 0.221 e. The van der Waals surface area contributed by atoms with Crippen LogP contribution in [0.4, 0.5) is 5.69 Å². The number of nitrogens with one attached hydrogen (secondary N) is 2. The fourth-order valence-corrected chi connectivity index (χ4v) is 4.84. The highest BCUT2D eigenvalue weighted by Gasteiger charge is 2.30. The molecule has 1 fully saturated rings. The molecule has 1 aliphatic rings. The maximum atomic E-state index is 11.4. The van der Waals surface area contributed by atoms with Crippen molar-refractivity contribution >= 4 is 22.4 Å². The highest BCUT2D eigenvalue weighted by Crippen LogP contribution is 2.28. The van der Waals surface area contributed by atoms with Crippen LogP contribution in [0, 0.1) is 0 Å². The average molecular weight is 470 g/mol. The third-order valence-electron chi connectivity index (χ3n) is 6.59. The van der Waals surface area contributed by atoms with E-state index in [1.54, 1.807) is 0 Å². The van der Waals surface area contributed by atoms with Gasteiger partial charge in [0.1, 0.15) is 0 Å². The number of nitrogens with zero attached hydrogens (tertiary/aromatic N) is 3. The lowest BCUT2D eigenvalue weighted by molar-refractivity contribution is -0.114. The minimum absolute atomic E-state index is 0.0514. The fourth-order valence-electron chi connectivity index (χ4n) is 4.84. The third-order valence-corrected chi connectivity index (χ3v) is 6.59. The molecule has 1 aliphatic heterocycles. The summed E-state index contributed by atoms with van der Waals surface area (Å²) in [4.78, 5) is 11.4. The summed E-state index contributed by atoms with van der Waals surface area (Å²) in [6, 6.07) is 22.9. The van der Waals surface area contributed by atoms with Crippen LogP contribution in [0.5, 0.6) is 0 Å². The third kappa shape index (κ3) is 5.75. The molecule has 0 bridgehead atoms. The molecule has 5 rings (SSSR count). The zero-order valence-electron chi connectivity index (χ0n) is 20.0. The van der Waals surface area contributed by atoms with Crippen LogP contribution < -0.4 is 10.6 Å². The lowest BCUT2D eigenvalue weighted by Gasteiger charge is -2.32. The first-order valence-corrected chi connectivity index (χ1v) is 12.2. The zero-order valence-corrected chi connectivity index (χ0v) is 20.0. The van der Waals surface area contributed by atoms with Crippen LogP contribution >= 0.6 is 0 Å². The lowest BCUT2D eigenvalue weighted by Crippen LogP contribution is -2.41. The molecule has 0 unspecified atom stereocenters. The molecule has 1 saturated heterocycles. The van der Waals surface area contributed by atoms with Crippen molar-refractivity contribution in [2.75, 3.05) is 18.4 Å². The van der Waals surface area contributed by atoms with Gasteiger partial charge >= 0.3 is 0 Å². The van der Waals surface area contributed by atoms with Gasteiger partial charge in [0.05, 0.1) is 24.6 Å². The van der Waals surface area contributed by atoms with E-state index in [1.165, 1.54) is 23.3 Å². The lowest BCUT2D eigenvalue weighted by atomic mass is 9.91. The number of aromatic nitrogens is 3. The molecule has 0 spiro atoms. The Morgan fingerprint density at radius 2 is 1.97 bits per heavy atom. The van der Waals surface area contributed by atoms with Crippen molar-refractivity contribution < 1.29 is 9.53 Å². The highest BCUT2D eigenvalue weighted by molar-refractivity contribution is 5.88. The topological polar surface area (TPSA) is 81.1 Å². The number of fused-ring (bicyclic) bond motifs is 1. The standard InChI is InChI=1S/C28H31N5O2/c1-20(34)31-25-8-4-5-21(16-25)12-14-33-27(17-30-32-33)26-11-13-29-18-28(26)35-19-22-9-10-23-6-2-3-7-24(23)15-22/h2-10,15-17,26,28-29H,11-14,18-19H2,1H3,(H,31,34)/t26-,28+/m0/s1. The summed E-state index contributed by atoms with van der Waals surface area (Å²) in [5.41, 5.74) is 4.26. The highest BCUT2D eigenvalue weighted by atomic mass is 16.5. The van der Waals surface area contributed by atoms with E-state index in [4.69, 9.17) is 4.74 Å². The van der Waals surface area contributed by atoms with Crippen molar-refractivity contribution in [1.29, 1.82) is 0 Å². The molecular weight excluding hydrogens is 438 g/mol. The Morgan fingerprint density at radius 3 is 2.86 bits per heavy atom. The first kappa shape index (κ1) is 23.2. The van der Waals surface area contributed by atoms with Gasteiger partial charge in [-0.1, -0.05) is 53.7 Å². The van der Waals surface area contributed by atoms with Crippen molar-refractivity contribution in [2.24, 2.45) is 0 Å². The molecule has 7 nitrogen and oxygen atoms in total. The first-order valence-electron chi connectivity index (χ1n) is 12.2. The summed E-state index contributed by atoms with van der Waals surface area (Å²) >= 11 is 0. The molecule has 3 aromatic carbocycles. The van der Waals surface area contributed by atoms with E-state index in [0.717, 1.165) is 49.4 Å². The van der Waals surface area contributed by atoms with Gasteiger partial charge in [-0.05, 0) is 59.5 Å². The van der Waals surface area contributed by atoms with Gasteiger partial charge in [-0.15, -0.1) is 5.10 Å². The molecule has 1 amide bonds. The van der Waals surface area contributed by atoms with Crippen LogP contribution in [0.25, 0.3) is 10.8 Å². The van der Waals surface area contributed by atoms with Crippen molar-refractivity contribution in [3.05, 3.63) is 89.7 Å². The number of ether oxygens (including phenoxy) is 1. The van der Waals surface area contributed by atoms with Crippen LogP contribution in [0.3, 0.4) is 0 Å². The van der Waals surface area contributed by atoms with Crippen LogP contribution in [0.1, 0.15) is 36.1 Å². The number of aryl methyl sites for hydroxylation is 2. The predicted molar refractivity (Wildman–Crippen MR) is 137 cm³/mol. The molecule has 35 heavy (non-hydrogen) atoms. The van der Waals surface area contributed by atoms with E-state index in [2.05, 4.69) is 69.5 Å². The first-order chi connectivity index (χ1) is 17.2. The quantitative estimate of drug-likeness (QED) is 0.402. The van der Waals surface area contributed by atoms with Crippen molar-refractivity contribution in [3.8, 4) is 0 Å². The van der Waals surface area contributed by atoms with Gasteiger partial charge in [0.2, 0.25) is 5.91 Å². The molecule has 180 valence electrons. The monoisotopic (exact) mass is 469 g/mol. The minimum atomic E-state index is -0.0682. The van der Waals surface area contributed by atoms with Crippen LogP contribution in [-0.2, 0) is 29.1 Å². The second kappa shape index (κ2) is 10.8. The number of piperidine rings is 1. The SMILES string of the molecule is CC(=O)Nc1cccc(CCn2nncc2[C@@H]2CCNC[C@H]2OCc2ccc3ccccc3c2)c1. The van der Waals surface area contributed by atoms with E-state index in [0.29, 0.717) is 6.61 Å². The number of carbonyl (C=O) groups excluding carboxylic acids is 1. The molecule has 7 heteroatoms. The summed E-state index contributed by atoms with van der Waals surface area (Å²) in [5.74, 6) is 0.166. The summed E-state index contributed by atoms with van der Waals surface area (Å²) < 4.78 is 8.46. The van der Waals surface area contributed by atoms with Crippen molar-refractivity contribution in [2.45, 2.75) is 44.9 Å². The maximum absolute atomic E-state index is 11.4. The van der Waals surface area contributed by atoms with Crippen molar-refractivity contribution in [3.63, 3.8) is 0 Å². The average Bonchev–Trinajstić information content (AvgIpc) is 3.34. The molecule has 1 aromatic heterocycles. The van der Waals surface area contributed by atoms with Gasteiger partial charge in [-0.3, -0.25) is 4.79 Å². The van der Waals surface area contributed by atoms with Crippen LogP contribution in [0.15, 0.2) is 72.9 Å². The molecule has 2 heterocycles. The van der Waals surface area contributed by atoms with Gasteiger partial charge in [-0.25, -0.2) is 4.68 Å². The Kier molecular flexibility index (Phi) is 7.16. The van der Waals surface area contributed by atoms with Crippen molar-refractivity contribution in [1.82, 2.24) is 20.3 Å². The largest absolute Gasteiger partial charge is 0.372 e. The van der Waals surface area contributed by atoms with E-state index in [1.807, 2.05) is 29.1 Å². The van der Waals surface area contributed by atoms with Gasteiger partial charge in [0.15, 0.2) is 0 Å². The summed E-state index contributed by atoms with van der Waals surface area (Å²) in [6.45, 7) is 4.57. The Balaban J connectivity index is 1.25. The fraction of sp³-hybridized carbons (Fsp3) is 0.321. The number of rotatable bonds is 8. The number of anilines is 1. The van der Waals surface area contributed by atoms with E-state index >= 15 is 0 Å². The van der Waals surface area contributed by atoms with Crippen LogP contribution in [0.2, 0.25) is 0 Å². The number of carbonyl (C=O) groups is 1. The molecule has 4 aromatic rings. The van der Waals surface area contributed by atoms with Gasteiger partial charge in [0.25, 0.3) is 0 Å². The number of hydrogen-bond donors (Lipinski definition) is 2. The molecule has 0 aliphatic carbocycles. The Bertz CT molecular complexity index is 1300. The summed E-state index contributed by atoms with van der Waals surface area (Å²) in [7, 11) is 0. The van der Waals surface area contributed by atoms with E-state index in [-0.39, 0.29) is 17.9 Å². The molecule has 0 radical (unpaired) electrons. The minimum Gasteiger partial charge on any atom is -0.372 e. The second-order valence-electron chi connectivity index (χ2n) is 9.14. The number of hydrogen-bond acceptors (Lipinski definition) is 5. The zero-order chi connectivity index (χ0) is 24.0. The Labute approximate surface area is 205 Å². The van der Waals surface area contributed by atoms with E-state index in [9.17, 15) is 4.79 Å². The summed E-state index contributed by atoms with van der Waals surface area (Å²) in [6.07, 6.45) is 3.72. The van der Waals surface area contributed by atoms with Gasteiger partial charge < -0.3 is 15.4 Å². The number of amides is 1. The summed E-state index contributed by atoms with van der Waals surface area (Å²) in [5, 5.41) is 17.4. The van der Waals surface area contributed by atoms with Crippen LogP contribution in [-0.4, -0.2) is 40.1 Å². The van der Waals surface area contributed by atoms with Gasteiger partial charge in [0, 0.05) is 31.6 Å². The molecule has 0 saturated carbocycles. The molecular formula is C28H31N5O2. The molecule has 2 atom stereocenters. The predicted octanol–water partition coefficient (Wildman–Crippen LogP) is 4.29. The normalized spacial score (nSPS) is 18.0. The maximum Gasteiger partial charge on any atom is 0.221 e. The van der Waals surface area contributed by atoms with E-state index < -0.39 is 0 Å². The number of benzene rings is 3. The van der Waals surface area contributed by atoms with Gasteiger partial charge in [-0.2, -0.15) is 0 Å². The Hall–Kier alpha value is -3.55. The Morgan fingerprint density at radius 1 is 1.09 bits per heavy atom. The molecule has 2 N–H and O–H groups in total.